The third kappa shape index (κ3) is 4.48. The number of rotatable bonds is 6. The van der Waals surface area contributed by atoms with Crippen LogP contribution in [0.3, 0.4) is 0 Å². The minimum Gasteiger partial charge on any atom is -0.361 e. The summed E-state index contributed by atoms with van der Waals surface area (Å²) in [5.41, 5.74) is 1.35. The van der Waals surface area contributed by atoms with Gasteiger partial charge in [0, 0.05) is 27.4 Å². The van der Waals surface area contributed by atoms with E-state index in [1.54, 1.807) is 0 Å². The van der Waals surface area contributed by atoms with Gasteiger partial charge < -0.3 is 9.64 Å². The monoisotopic (exact) mass is 277 g/mol. The lowest BCUT2D eigenvalue weighted by molar-refractivity contribution is 0.0769. The standard InChI is InChI=1S/C14H23N3OSi/c1-19(2,3)7-6-18-11-17-10-13(12-4-5-12)9-16-14(17)8-15/h9,12H,4-7,10-11H2,1-3H3. The molecule has 1 aliphatic heterocycles. The summed E-state index contributed by atoms with van der Waals surface area (Å²) in [6, 6.07) is 3.31. The molecule has 5 heteroatoms. The molecular formula is C14H23N3OSi. The van der Waals surface area contributed by atoms with Crippen molar-refractivity contribution in [2.75, 3.05) is 19.9 Å². The Bertz CT molecular complexity index is 427. The second kappa shape index (κ2) is 5.89. The minimum atomic E-state index is -1.04. The molecule has 0 aromatic heterocycles. The van der Waals surface area contributed by atoms with Crippen molar-refractivity contribution < 1.29 is 4.74 Å². The van der Waals surface area contributed by atoms with Crippen LogP contribution >= 0.6 is 0 Å². The zero-order valence-electron chi connectivity index (χ0n) is 12.1. The van der Waals surface area contributed by atoms with E-state index < -0.39 is 8.07 Å². The maximum absolute atomic E-state index is 9.09. The van der Waals surface area contributed by atoms with Crippen LogP contribution in [0.15, 0.2) is 16.8 Å². The largest absolute Gasteiger partial charge is 0.361 e. The SMILES string of the molecule is C[Si](C)(C)CCOCN1CC(C2CC2)=CN=C1C#N. The van der Waals surface area contributed by atoms with Crippen LogP contribution in [0.4, 0.5) is 0 Å². The lowest BCUT2D eigenvalue weighted by Gasteiger charge is -2.26. The average molecular weight is 277 g/mol. The molecule has 0 spiro atoms. The highest BCUT2D eigenvalue weighted by molar-refractivity contribution is 6.76. The zero-order chi connectivity index (χ0) is 13.9. The van der Waals surface area contributed by atoms with E-state index in [4.69, 9.17) is 10.00 Å². The molecule has 0 amide bonds. The van der Waals surface area contributed by atoms with E-state index in [-0.39, 0.29) is 0 Å². The minimum absolute atomic E-state index is 0.484. The Kier molecular flexibility index (Phi) is 4.43. The molecule has 0 aromatic rings. The molecule has 1 fully saturated rings. The van der Waals surface area contributed by atoms with E-state index in [1.165, 1.54) is 18.4 Å². The quantitative estimate of drug-likeness (QED) is 0.554. The van der Waals surface area contributed by atoms with Crippen LogP contribution in [0.1, 0.15) is 12.8 Å². The van der Waals surface area contributed by atoms with E-state index in [0.29, 0.717) is 18.5 Å². The van der Waals surface area contributed by atoms with Gasteiger partial charge in [-0.1, -0.05) is 19.6 Å². The molecule has 1 saturated carbocycles. The Hall–Kier alpha value is -1.12. The van der Waals surface area contributed by atoms with E-state index in [9.17, 15) is 0 Å². The fourth-order valence-electron chi connectivity index (χ4n) is 2.01. The Morgan fingerprint density at radius 1 is 1.47 bits per heavy atom. The maximum atomic E-state index is 9.09. The normalized spacial score (nSPS) is 19.8. The first-order valence-corrected chi connectivity index (χ1v) is 10.7. The van der Waals surface area contributed by atoms with Crippen LogP contribution in [0.5, 0.6) is 0 Å². The number of amidine groups is 1. The van der Waals surface area contributed by atoms with Gasteiger partial charge in [-0.15, -0.1) is 0 Å². The molecule has 0 aromatic carbocycles. The highest BCUT2D eigenvalue weighted by atomic mass is 28.3. The van der Waals surface area contributed by atoms with E-state index in [2.05, 4.69) is 30.7 Å². The molecule has 2 aliphatic rings. The lowest BCUT2D eigenvalue weighted by atomic mass is 10.1. The van der Waals surface area contributed by atoms with Crippen molar-refractivity contribution in [2.45, 2.75) is 38.5 Å². The van der Waals surface area contributed by atoms with Crippen molar-refractivity contribution in [1.29, 1.82) is 5.26 Å². The zero-order valence-corrected chi connectivity index (χ0v) is 13.1. The molecule has 0 N–H and O–H groups in total. The second-order valence-corrected chi connectivity index (χ2v) is 12.2. The maximum Gasteiger partial charge on any atom is 0.210 e. The molecule has 4 nitrogen and oxygen atoms in total. The van der Waals surface area contributed by atoms with Gasteiger partial charge >= 0.3 is 0 Å². The first-order valence-electron chi connectivity index (χ1n) is 6.99. The Morgan fingerprint density at radius 3 is 2.79 bits per heavy atom. The Labute approximate surface area is 116 Å². The smallest absolute Gasteiger partial charge is 0.210 e. The van der Waals surface area contributed by atoms with Crippen LogP contribution in [-0.2, 0) is 4.74 Å². The van der Waals surface area contributed by atoms with Crippen molar-refractivity contribution in [1.82, 2.24) is 4.90 Å². The van der Waals surface area contributed by atoms with Gasteiger partial charge in [-0.25, -0.2) is 4.99 Å². The van der Waals surface area contributed by atoms with Gasteiger partial charge in [0.25, 0.3) is 0 Å². The van der Waals surface area contributed by atoms with E-state index in [1.807, 2.05) is 11.1 Å². The molecule has 1 heterocycles. The first-order chi connectivity index (χ1) is 8.99. The summed E-state index contributed by atoms with van der Waals surface area (Å²) in [4.78, 5) is 6.20. The van der Waals surface area contributed by atoms with Gasteiger partial charge in [-0.05, 0) is 30.4 Å². The van der Waals surface area contributed by atoms with Gasteiger partial charge in [0.2, 0.25) is 5.84 Å². The molecule has 0 atom stereocenters. The van der Waals surface area contributed by atoms with E-state index >= 15 is 0 Å². The van der Waals surface area contributed by atoms with Crippen molar-refractivity contribution >= 4 is 13.9 Å². The molecule has 0 unspecified atom stereocenters. The predicted octanol–water partition coefficient (Wildman–Crippen LogP) is 2.83. The summed E-state index contributed by atoms with van der Waals surface area (Å²) >= 11 is 0. The number of hydrogen-bond donors (Lipinski definition) is 0. The van der Waals surface area contributed by atoms with Crippen LogP contribution < -0.4 is 0 Å². The average Bonchev–Trinajstić information content (AvgIpc) is 3.17. The summed E-state index contributed by atoms with van der Waals surface area (Å²) in [5, 5.41) is 9.09. The van der Waals surface area contributed by atoms with Crippen molar-refractivity contribution in [3.8, 4) is 6.07 Å². The van der Waals surface area contributed by atoms with Crippen LogP contribution in [0.25, 0.3) is 0 Å². The topological polar surface area (TPSA) is 48.6 Å². The van der Waals surface area contributed by atoms with E-state index in [0.717, 1.165) is 19.2 Å². The van der Waals surface area contributed by atoms with Gasteiger partial charge in [0.15, 0.2) is 0 Å². The molecule has 0 bridgehead atoms. The third-order valence-electron chi connectivity index (χ3n) is 3.47. The van der Waals surface area contributed by atoms with Crippen molar-refractivity contribution in [3.05, 3.63) is 11.8 Å². The molecular weight excluding hydrogens is 254 g/mol. The lowest BCUT2D eigenvalue weighted by Crippen LogP contribution is -2.36. The molecule has 2 rings (SSSR count). The first kappa shape index (κ1) is 14.3. The summed E-state index contributed by atoms with van der Waals surface area (Å²) in [7, 11) is -1.04. The highest BCUT2D eigenvalue weighted by Gasteiger charge is 2.29. The Morgan fingerprint density at radius 2 is 2.21 bits per heavy atom. The third-order valence-corrected chi connectivity index (χ3v) is 5.18. The summed E-state index contributed by atoms with van der Waals surface area (Å²) in [6.45, 7) is 9.10. The molecule has 104 valence electrons. The molecule has 0 saturated heterocycles. The Balaban J connectivity index is 1.81. The van der Waals surface area contributed by atoms with Crippen molar-refractivity contribution in [3.63, 3.8) is 0 Å². The summed E-state index contributed by atoms with van der Waals surface area (Å²) in [5.74, 6) is 1.19. The van der Waals surface area contributed by atoms with Crippen LogP contribution in [0, 0.1) is 17.2 Å². The number of nitrogens with zero attached hydrogens (tertiary/aromatic N) is 3. The van der Waals surface area contributed by atoms with Crippen LogP contribution in [-0.4, -0.2) is 38.7 Å². The fourth-order valence-corrected chi connectivity index (χ4v) is 2.77. The number of hydrogen-bond acceptors (Lipinski definition) is 4. The summed E-state index contributed by atoms with van der Waals surface area (Å²) in [6.07, 6.45) is 4.43. The van der Waals surface area contributed by atoms with Crippen molar-refractivity contribution in [2.24, 2.45) is 10.9 Å². The number of ether oxygens (including phenoxy) is 1. The molecule has 1 aliphatic carbocycles. The molecule has 0 radical (unpaired) electrons. The summed E-state index contributed by atoms with van der Waals surface area (Å²) < 4.78 is 5.73. The predicted molar refractivity (Wildman–Crippen MR) is 79.5 cm³/mol. The van der Waals surface area contributed by atoms with Gasteiger partial charge in [0.1, 0.15) is 12.8 Å². The second-order valence-electron chi connectivity index (χ2n) is 6.59. The van der Waals surface area contributed by atoms with Gasteiger partial charge in [0.05, 0.1) is 0 Å². The number of aliphatic imine (C=N–C) groups is 1. The highest BCUT2D eigenvalue weighted by Crippen LogP contribution is 2.37. The van der Waals surface area contributed by atoms with Gasteiger partial charge in [-0.2, -0.15) is 5.26 Å². The van der Waals surface area contributed by atoms with Gasteiger partial charge in [-0.3, -0.25) is 0 Å². The molecule has 19 heavy (non-hydrogen) atoms. The fraction of sp³-hybridized carbons (Fsp3) is 0.714. The van der Waals surface area contributed by atoms with Crippen LogP contribution in [0.2, 0.25) is 25.7 Å². The number of nitriles is 1.